The maximum Gasteiger partial charge on any atom is 0.272 e. The van der Waals surface area contributed by atoms with Crippen molar-refractivity contribution < 1.29 is 28.5 Å². The molecule has 5 heterocycles. The van der Waals surface area contributed by atoms with E-state index in [9.17, 15) is 10.1 Å². The van der Waals surface area contributed by atoms with Crippen LogP contribution < -0.4 is 9.47 Å². The third-order valence-electron chi connectivity index (χ3n) is 6.47. The number of likely N-dealkylation sites (N-methyl/N-ethyl adjacent to an activating group) is 1. The zero-order valence-electron chi connectivity index (χ0n) is 21.6. The molecule has 1 N–H and O–H groups in total. The van der Waals surface area contributed by atoms with E-state index in [0.717, 1.165) is 12.8 Å². The highest BCUT2D eigenvalue weighted by Crippen LogP contribution is 2.37. The number of amides is 1. The van der Waals surface area contributed by atoms with Gasteiger partial charge in [0, 0.05) is 56.5 Å². The lowest BCUT2D eigenvalue weighted by atomic mass is 10.1. The van der Waals surface area contributed by atoms with Crippen molar-refractivity contribution in [3.8, 4) is 40.1 Å². The molecule has 0 atom stereocenters. The summed E-state index contributed by atoms with van der Waals surface area (Å²) in [5, 5.41) is 18.9. The normalized spacial score (nSPS) is 13.7. The van der Waals surface area contributed by atoms with Gasteiger partial charge in [-0.3, -0.25) is 14.8 Å². The number of aromatic nitrogens is 3. The molecule has 4 aromatic heterocycles. The number of ether oxygens (including phenoxy) is 3. The number of aliphatic hydroxyl groups excluding tert-OH is 1. The Hall–Kier alpha value is -4.53. The van der Waals surface area contributed by atoms with E-state index in [2.05, 4.69) is 21.0 Å². The Morgan fingerprint density at radius 3 is 2.74 bits per heavy atom. The Morgan fingerprint density at radius 1 is 1.18 bits per heavy atom. The van der Waals surface area contributed by atoms with Crippen molar-refractivity contribution in [2.75, 3.05) is 40.5 Å². The molecular weight excluding hydrogens is 502 g/mol. The fourth-order valence-corrected chi connectivity index (χ4v) is 4.37. The van der Waals surface area contributed by atoms with Crippen LogP contribution >= 0.6 is 0 Å². The SMILES string of the molecule is COc1cc(C(=O)N(C)CCO)ncc1-c1cc2nccc(-c3ccc(OC4CCOCC4)c(C#N)n3)c2o1. The van der Waals surface area contributed by atoms with Gasteiger partial charge in [-0.1, -0.05) is 0 Å². The number of hydrogen-bond donors (Lipinski definition) is 1. The summed E-state index contributed by atoms with van der Waals surface area (Å²) in [7, 11) is 3.08. The minimum absolute atomic E-state index is 0.0147. The summed E-state index contributed by atoms with van der Waals surface area (Å²) >= 11 is 0. The maximum absolute atomic E-state index is 12.6. The fraction of sp³-hybridized carbons (Fsp3) is 0.321. The smallest absolute Gasteiger partial charge is 0.272 e. The minimum atomic E-state index is -0.342. The summed E-state index contributed by atoms with van der Waals surface area (Å²) in [6.45, 7) is 1.30. The lowest BCUT2D eigenvalue weighted by molar-refractivity contribution is 0.0253. The van der Waals surface area contributed by atoms with Crippen LogP contribution in [0.15, 0.2) is 47.1 Å². The molecule has 0 unspecified atom stereocenters. The number of rotatable bonds is 8. The van der Waals surface area contributed by atoms with Crippen LogP contribution in [-0.4, -0.2) is 77.5 Å². The van der Waals surface area contributed by atoms with Crippen LogP contribution in [0.4, 0.5) is 0 Å². The maximum atomic E-state index is 12.6. The molecule has 11 nitrogen and oxygen atoms in total. The summed E-state index contributed by atoms with van der Waals surface area (Å²) in [6, 6.07) is 10.7. The van der Waals surface area contributed by atoms with Crippen LogP contribution in [0.2, 0.25) is 0 Å². The average molecular weight is 530 g/mol. The third kappa shape index (κ3) is 5.38. The molecule has 1 saturated heterocycles. The topological polar surface area (TPSA) is 144 Å². The van der Waals surface area contributed by atoms with Crippen LogP contribution in [0.3, 0.4) is 0 Å². The van der Waals surface area contributed by atoms with E-state index >= 15 is 0 Å². The van der Waals surface area contributed by atoms with Gasteiger partial charge in [0.1, 0.15) is 34.9 Å². The predicted molar refractivity (Wildman–Crippen MR) is 140 cm³/mol. The average Bonchev–Trinajstić information content (AvgIpc) is 3.42. The second kappa shape index (κ2) is 11.5. The number of hydrogen-bond acceptors (Lipinski definition) is 10. The summed E-state index contributed by atoms with van der Waals surface area (Å²) in [5.74, 6) is 0.933. The number of carbonyl (C=O) groups is 1. The quantitative estimate of drug-likeness (QED) is 0.360. The van der Waals surface area contributed by atoms with E-state index < -0.39 is 0 Å². The van der Waals surface area contributed by atoms with E-state index in [4.69, 9.17) is 23.7 Å². The number of nitriles is 1. The van der Waals surface area contributed by atoms with E-state index in [1.54, 1.807) is 37.5 Å². The first-order chi connectivity index (χ1) is 19.0. The van der Waals surface area contributed by atoms with Gasteiger partial charge in [0.15, 0.2) is 17.0 Å². The molecule has 200 valence electrons. The van der Waals surface area contributed by atoms with E-state index in [-0.39, 0.29) is 36.6 Å². The van der Waals surface area contributed by atoms with Gasteiger partial charge in [-0.25, -0.2) is 4.98 Å². The van der Waals surface area contributed by atoms with Crippen molar-refractivity contribution in [3.63, 3.8) is 0 Å². The molecule has 0 spiro atoms. The first-order valence-corrected chi connectivity index (χ1v) is 12.5. The third-order valence-corrected chi connectivity index (χ3v) is 6.47. The molecule has 5 rings (SSSR count). The predicted octanol–water partition coefficient (Wildman–Crippen LogP) is 3.45. The molecule has 0 aliphatic carbocycles. The van der Waals surface area contributed by atoms with E-state index in [1.807, 2.05) is 0 Å². The molecule has 0 radical (unpaired) electrons. The van der Waals surface area contributed by atoms with Gasteiger partial charge in [0.05, 0.1) is 38.2 Å². The highest BCUT2D eigenvalue weighted by atomic mass is 16.5. The van der Waals surface area contributed by atoms with Crippen molar-refractivity contribution in [3.05, 3.63) is 54.1 Å². The summed E-state index contributed by atoms with van der Waals surface area (Å²) in [4.78, 5) is 27.3. The van der Waals surface area contributed by atoms with Crippen molar-refractivity contribution in [1.82, 2.24) is 19.9 Å². The number of fused-ring (bicyclic) bond motifs is 1. The Morgan fingerprint density at radius 2 is 2.00 bits per heavy atom. The second-order valence-corrected chi connectivity index (χ2v) is 8.99. The molecule has 0 bridgehead atoms. The van der Waals surface area contributed by atoms with Gasteiger partial charge in [0.25, 0.3) is 5.91 Å². The molecule has 1 amide bonds. The second-order valence-electron chi connectivity index (χ2n) is 8.99. The number of pyridine rings is 3. The van der Waals surface area contributed by atoms with Crippen LogP contribution in [0.25, 0.3) is 33.7 Å². The molecule has 39 heavy (non-hydrogen) atoms. The zero-order valence-corrected chi connectivity index (χ0v) is 21.6. The number of carbonyl (C=O) groups excluding carboxylic acids is 1. The molecule has 11 heteroatoms. The molecule has 1 aliphatic heterocycles. The summed E-state index contributed by atoms with van der Waals surface area (Å²) < 4.78 is 23.2. The molecular formula is C28H27N5O6. The number of methoxy groups -OCH3 is 1. The minimum Gasteiger partial charge on any atom is -0.496 e. The molecule has 1 aliphatic rings. The van der Waals surface area contributed by atoms with E-state index in [1.165, 1.54) is 24.3 Å². The lowest BCUT2D eigenvalue weighted by Crippen LogP contribution is -2.30. The summed E-state index contributed by atoms with van der Waals surface area (Å²) in [6.07, 6.45) is 4.66. The van der Waals surface area contributed by atoms with Gasteiger partial charge in [-0.2, -0.15) is 5.26 Å². The van der Waals surface area contributed by atoms with Crippen LogP contribution in [0, 0.1) is 11.3 Å². The molecule has 1 fully saturated rings. The molecule has 0 aromatic carbocycles. The zero-order chi connectivity index (χ0) is 27.4. The van der Waals surface area contributed by atoms with Crippen molar-refractivity contribution in [1.29, 1.82) is 5.26 Å². The van der Waals surface area contributed by atoms with Gasteiger partial charge >= 0.3 is 0 Å². The van der Waals surface area contributed by atoms with Crippen molar-refractivity contribution in [2.45, 2.75) is 18.9 Å². The van der Waals surface area contributed by atoms with E-state index in [0.29, 0.717) is 58.4 Å². The first kappa shape index (κ1) is 26.1. The molecule has 0 saturated carbocycles. The largest absolute Gasteiger partial charge is 0.496 e. The van der Waals surface area contributed by atoms with Crippen LogP contribution in [0.5, 0.6) is 11.5 Å². The highest BCUT2D eigenvalue weighted by Gasteiger charge is 2.21. The van der Waals surface area contributed by atoms with Gasteiger partial charge < -0.3 is 28.6 Å². The van der Waals surface area contributed by atoms with Crippen molar-refractivity contribution >= 4 is 17.0 Å². The Balaban J connectivity index is 1.48. The van der Waals surface area contributed by atoms with Crippen LogP contribution in [-0.2, 0) is 4.74 Å². The Kier molecular flexibility index (Phi) is 7.67. The van der Waals surface area contributed by atoms with Crippen molar-refractivity contribution in [2.24, 2.45) is 0 Å². The lowest BCUT2D eigenvalue weighted by Gasteiger charge is -2.23. The first-order valence-electron chi connectivity index (χ1n) is 12.5. The standard InChI is InChI=1S/C28H27N5O6/c1-33(9-10-34)28(35)22-14-25(36-2)19(16-31-22)26-13-21-27(39-26)18(5-8-30-21)20-3-4-24(23(15-29)32-20)38-17-6-11-37-12-7-17/h3-5,8,13-14,16-17,34H,6-7,9-12H2,1-2H3. The molecule has 4 aromatic rings. The number of nitrogens with zero attached hydrogens (tertiary/aromatic N) is 5. The van der Waals surface area contributed by atoms with Gasteiger partial charge in [-0.05, 0) is 18.2 Å². The monoisotopic (exact) mass is 529 g/mol. The van der Waals surface area contributed by atoms with Gasteiger partial charge in [0.2, 0.25) is 0 Å². The fourth-order valence-electron chi connectivity index (χ4n) is 4.37. The summed E-state index contributed by atoms with van der Waals surface area (Å²) in [5.41, 5.74) is 3.16. The Labute approximate surface area is 224 Å². The number of aliphatic hydroxyl groups is 1. The highest BCUT2D eigenvalue weighted by molar-refractivity contribution is 5.94. The van der Waals surface area contributed by atoms with Crippen LogP contribution in [0.1, 0.15) is 29.0 Å². The Bertz CT molecular complexity index is 1540. The number of furan rings is 1. The van der Waals surface area contributed by atoms with Gasteiger partial charge in [-0.15, -0.1) is 0 Å².